The van der Waals surface area contributed by atoms with Crippen LogP contribution in [0.15, 0.2) is 48.7 Å². The molecule has 1 aromatic carbocycles. The summed E-state index contributed by atoms with van der Waals surface area (Å²) in [5.74, 6) is 0.877. The Morgan fingerprint density at radius 3 is 2.82 bits per heavy atom. The standard InChI is InChI=1S/C18H22N2O2/c1-22-18-11-14(7-9-19-18)12-20-10-8-16(17(21)13-20)15-5-3-2-4-6-15/h2-7,9,11,16-17,21H,8,10,12-13H2,1H3/t16-,17+/m0/s1. The van der Waals surface area contributed by atoms with Gasteiger partial charge in [0, 0.05) is 31.3 Å². The predicted molar refractivity (Wildman–Crippen MR) is 85.9 cm³/mol. The summed E-state index contributed by atoms with van der Waals surface area (Å²) in [4.78, 5) is 6.42. The molecule has 0 unspecified atom stereocenters. The van der Waals surface area contributed by atoms with E-state index in [0.717, 1.165) is 25.1 Å². The van der Waals surface area contributed by atoms with E-state index < -0.39 is 0 Å². The Balaban J connectivity index is 1.62. The quantitative estimate of drug-likeness (QED) is 0.942. The molecule has 4 heteroatoms. The van der Waals surface area contributed by atoms with Gasteiger partial charge in [-0.25, -0.2) is 4.98 Å². The molecule has 0 aliphatic carbocycles. The van der Waals surface area contributed by atoms with Crippen LogP contribution in [0, 0.1) is 0 Å². The fourth-order valence-corrected chi connectivity index (χ4v) is 3.15. The van der Waals surface area contributed by atoms with Gasteiger partial charge in [0.05, 0.1) is 13.2 Å². The summed E-state index contributed by atoms with van der Waals surface area (Å²) in [5, 5.41) is 10.5. The number of ether oxygens (including phenoxy) is 1. The average Bonchev–Trinajstić information content (AvgIpc) is 2.56. The third-order valence-electron chi connectivity index (χ3n) is 4.31. The first-order chi connectivity index (χ1) is 10.8. The first-order valence-corrected chi connectivity index (χ1v) is 7.70. The van der Waals surface area contributed by atoms with E-state index >= 15 is 0 Å². The van der Waals surface area contributed by atoms with Crippen LogP contribution in [0.1, 0.15) is 23.5 Å². The van der Waals surface area contributed by atoms with Crippen LogP contribution in [0.25, 0.3) is 0 Å². The van der Waals surface area contributed by atoms with E-state index in [0.29, 0.717) is 12.4 Å². The Morgan fingerprint density at radius 2 is 2.09 bits per heavy atom. The van der Waals surface area contributed by atoms with E-state index in [9.17, 15) is 5.11 Å². The molecule has 3 rings (SSSR count). The van der Waals surface area contributed by atoms with Gasteiger partial charge in [-0.1, -0.05) is 30.3 Å². The lowest BCUT2D eigenvalue weighted by Crippen LogP contribution is -2.42. The van der Waals surface area contributed by atoms with Crippen LogP contribution in [-0.2, 0) is 6.54 Å². The van der Waals surface area contributed by atoms with Gasteiger partial charge < -0.3 is 9.84 Å². The zero-order valence-electron chi connectivity index (χ0n) is 12.9. The Hall–Kier alpha value is -1.91. The number of hydrogen-bond donors (Lipinski definition) is 1. The summed E-state index contributed by atoms with van der Waals surface area (Å²) in [7, 11) is 1.63. The Labute approximate surface area is 131 Å². The van der Waals surface area contributed by atoms with Crippen molar-refractivity contribution in [3.8, 4) is 5.88 Å². The molecule has 1 fully saturated rings. The number of pyridine rings is 1. The minimum Gasteiger partial charge on any atom is -0.481 e. The number of β-amino-alcohol motifs (C(OH)–C–C–N with tert-alkyl or cyclic N) is 1. The number of rotatable bonds is 4. The topological polar surface area (TPSA) is 45.6 Å². The van der Waals surface area contributed by atoms with E-state index in [4.69, 9.17) is 4.74 Å². The van der Waals surface area contributed by atoms with Crippen LogP contribution in [0.5, 0.6) is 5.88 Å². The molecule has 0 amide bonds. The molecule has 1 aliphatic heterocycles. The zero-order chi connectivity index (χ0) is 15.4. The number of methoxy groups -OCH3 is 1. The number of likely N-dealkylation sites (tertiary alicyclic amines) is 1. The average molecular weight is 298 g/mol. The lowest BCUT2D eigenvalue weighted by Gasteiger charge is -2.36. The Bertz CT molecular complexity index is 603. The van der Waals surface area contributed by atoms with Crippen molar-refractivity contribution in [3.63, 3.8) is 0 Å². The van der Waals surface area contributed by atoms with E-state index in [1.807, 2.05) is 30.3 Å². The van der Waals surface area contributed by atoms with Crippen LogP contribution in [0.2, 0.25) is 0 Å². The summed E-state index contributed by atoms with van der Waals surface area (Å²) in [5.41, 5.74) is 2.40. The largest absolute Gasteiger partial charge is 0.481 e. The van der Waals surface area contributed by atoms with Gasteiger partial charge in [0.15, 0.2) is 0 Å². The summed E-state index contributed by atoms with van der Waals surface area (Å²) in [6, 6.07) is 14.3. The number of hydrogen-bond acceptors (Lipinski definition) is 4. The molecule has 0 radical (unpaired) electrons. The molecule has 0 spiro atoms. The molecule has 22 heavy (non-hydrogen) atoms. The van der Waals surface area contributed by atoms with Crippen LogP contribution >= 0.6 is 0 Å². The lowest BCUT2D eigenvalue weighted by molar-refractivity contribution is 0.0476. The Morgan fingerprint density at radius 1 is 1.27 bits per heavy atom. The van der Waals surface area contributed by atoms with Crippen molar-refractivity contribution in [2.45, 2.75) is 25.0 Å². The molecule has 1 N–H and O–H groups in total. The second-order valence-corrected chi connectivity index (χ2v) is 5.81. The first kappa shape index (κ1) is 15.0. The Kier molecular flexibility index (Phi) is 4.71. The van der Waals surface area contributed by atoms with Gasteiger partial charge in [-0.15, -0.1) is 0 Å². The van der Waals surface area contributed by atoms with Crippen molar-refractivity contribution in [1.29, 1.82) is 0 Å². The number of aromatic nitrogens is 1. The molecular weight excluding hydrogens is 276 g/mol. The summed E-state index contributed by atoms with van der Waals surface area (Å²) in [6.07, 6.45) is 2.43. The van der Waals surface area contributed by atoms with Crippen molar-refractivity contribution in [1.82, 2.24) is 9.88 Å². The lowest BCUT2D eigenvalue weighted by atomic mass is 9.87. The van der Waals surface area contributed by atoms with E-state index in [1.54, 1.807) is 13.3 Å². The molecule has 2 aromatic rings. The highest BCUT2D eigenvalue weighted by molar-refractivity contribution is 5.23. The molecule has 1 aliphatic rings. The van der Waals surface area contributed by atoms with E-state index in [2.05, 4.69) is 22.0 Å². The van der Waals surface area contributed by atoms with Gasteiger partial charge in [-0.2, -0.15) is 0 Å². The van der Waals surface area contributed by atoms with Crippen molar-refractivity contribution in [3.05, 3.63) is 59.8 Å². The monoisotopic (exact) mass is 298 g/mol. The van der Waals surface area contributed by atoms with E-state index in [1.165, 1.54) is 5.56 Å². The number of aliphatic hydroxyl groups excluding tert-OH is 1. The third kappa shape index (κ3) is 3.46. The molecule has 116 valence electrons. The van der Waals surface area contributed by atoms with Crippen LogP contribution in [0.4, 0.5) is 0 Å². The maximum atomic E-state index is 10.5. The number of benzene rings is 1. The van der Waals surface area contributed by atoms with Crippen LogP contribution < -0.4 is 4.74 Å². The van der Waals surface area contributed by atoms with Crippen molar-refractivity contribution < 1.29 is 9.84 Å². The third-order valence-corrected chi connectivity index (χ3v) is 4.31. The predicted octanol–water partition coefficient (Wildman–Crippen LogP) is 2.44. The molecule has 2 atom stereocenters. The summed E-state index contributed by atoms with van der Waals surface area (Å²) >= 11 is 0. The minimum atomic E-state index is -0.320. The minimum absolute atomic E-state index is 0.240. The highest BCUT2D eigenvalue weighted by Crippen LogP contribution is 2.29. The fraction of sp³-hybridized carbons (Fsp3) is 0.389. The SMILES string of the molecule is COc1cc(CN2CC[C@@H](c3ccccc3)[C@H](O)C2)ccn1. The first-order valence-electron chi connectivity index (χ1n) is 7.70. The highest BCUT2D eigenvalue weighted by Gasteiger charge is 2.28. The fourth-order valence-electron chi connectivity index (χ4n) is 3.15. The van der Waals surface area contributed by atoms with E-state index in [-0.39, 0.29) is 12.0 Å². The summed E-state index contributed by atoms with van der Waals surface area (Å²) < 4.78 is 5.16. The van der Waals surface area contributed by atoms with Gasteiger partial charge >= 0.3 is 0 Å². The van der Waals surface area contributed by atoms with Crippen molar-refractivity contribution in [2.24, 2.45) is 0 Å². The zero-order valence-corrected chi connectivity index (χ0v) is 12.9. The molecule has 2 heterocycles. The van der Waals surface area contributed by atoms with Gasteiger partial charge in [0.25, 0.3) is 0 Å². The van der Waals surface area contributed by atoms with Crippen LogP contribution in [0.3, 0.4) is 0 Å². The smallest absolute Gasteiger partial charge is 0.213 e. The van der Waals surface area contributed by atoms with Gasteiger partial charge in [-0.05, 0) is 30.2 Å². The van der Waals surface area contributed by atoms with Crippen molar-refractivity contribution in [2.75, 3.05) is 20.2 Å². The maximum Gasteiger partial charge on any atom is 0.213 e. The molecule has 4 nitrogen and oxygen atoms in total. The molecule has 1 saturated heterocycles. The molecular formula is C18H22N2O2. The highest BCUT2D eigenvalue weighted by atomic mass is 16.5. The number of piperidine rings is 1. The molecule has 1 aromatic heterocycles. The van der Waals surface area contributed by atoms with Crippen molar-refractivity contribution >= 4 is 0 Å². The van der Waals surface area contributed by atoms with Gasteiger partial charge in [0.1, 0.15) is 0 Å². The maximum absolute atomic E-state index is 10.5. The van der Waals surface area contributed by atoms with Crippen LogP contribution in [-0.4, -0.2) is 41.3 Å². The summed E-state index contributed by atoms with van der Waals surface area (Å²) in [6.45, 7) is 2.50. The number of nitrogens with zero attached hydrogens (tertiary/aromatic N) is 2. The molecule has 0 bridgehead atoms. The van der Waals surface area contributed by atoms with Gasteiger partial charge in [0.2, 0.25) is 5.88 Å². The second-order valence-electron chi connectivity index (χ2n) is 5.81. The number of aliphatic hydroxyl groups is 1. The normalized spacial score (nSPS) is 22.5. The van der Waals surface area contributed by atoms with Gasteiger partial charge in [-0.3, -0.25) is 4.90 Å². The molecule has 0 saturated carbocycles. The second kappa shape index (κ2) is 6.90.